The molecule has 0 bridgehead atoms. The summed E-state index contributed by atoms with van der Waals surface area (Å²) in [6.07, 6.45) is 0.351. The Hall–Kier alpha value is -0.710. The fourth-order valence-corrected chi connectivity index (χ4v) is 1.01. The van der Waals surface area contributed by atoms with Gasteiger partial charge in [-0.3, -0.25) is 9.59 Å². The van der Waals surface area contributed by atoms with Crippen LogP contribution in [0.25, 0.3) is 0 Å². The van der Waals surface area contributed by atoms with Crippen LogP contribution in [0.2, 0.25) is 0 Å². The molecule has 0 aliphatic rings. The Kier molecular flexibility index (Phi) is 5.53. The molecule has 4 nitrogen and oxygen atoms in total. The van der Waals surface area contributed by atoms with Crippen molar-refractivity contribution in [1.82, 2.24) is 4.90 Å². The van der Waals surface area contributed by atoms with Crippen molar-refractivity contribution in [2.75, 3.05) is 18.8 Å². The fraction of sp³-hybridized carbons (Fsp3) is 0.714. The standard InChI is InChI=1S/C7H14N2O2S/c1-2-9(5-6(8)10)7(11)3-4-12/h12H,2-5H2,1H3,(H2,8,10). The van der Waals surface area contributed by atoms with Crippen molar-refractivity contribution in [2.24, 2.45) is 5.73 Å². The van der Waals surface area contributed by atoms with Crippen LogP contribution in [0.15, 0.2) is 0 Å². The molecule has 70 valence electrons. The van der Waals surface area contributed by atoms with E-state index in [0.29, 0.717) is 18.7 Å². The van der Waals surface area contributed by atoms with E-state index < -0.39 is 5.91 Å². The molecule has 2 amide bonds. The van der Waals surface area contributed by atoms with E-state index in [1.807, 2.05) is 0 Å². The first kappa shape index (κ1) is 11.3. The molecule has 0 aromatic carbocycles. The third kappa shape index (κ3) is 4.23. The zero-order valence-electron chi connectivity index (χ0n) is 7.12. The second-order valence-electron chi connectivity index (χ2n) is 2.35. The van der Waals surface area contributed by atoms with E-state index in [2.05, 4.69) is 12.6 Å². The quantitative estimate of drug-likeness (QED) is 0.581. The second-order valence-corrected chi connectivity index (χ2v) is 2.80. The average Bonchev–Trinajstić information content (AvgIpc) is 2.00. The lowest BCUT2D eigenvalue weighted by Crippen LogP contribution is -2.38. The number of carbonyl (C=O) groups excluding carboxylic acids is 2. The van der Waals surface area contributed by atoms with E-state index in [1.54, 1.807) is 6.92 Å². The molecule has 0 aromatic heterocycles. The van der Waals surface area contributed by atoms with Gasteiger partial charge in [0.1, 0.15) is 0 Å². The predicted octanol–water partition coefficient (Wildman–Crippen LogP) is -0.360. The van der Waals surface area contributed by atoms with Gasteiger partial charge in [0, 0.05) is 13.0 Å². The third-order valence-electron chi connectivity index (χ3n) is 1.41. The predicted molar refractivity (Wildman–Crippen MR) is 49.9 cm³/mol. The van der Waals surface area contributed by atoms with E-state index in [4.69, 9.17) is 5.73 Å². The largest absolute Gasteiger partial charge is 0.368 e. The van der Waals surface area contributed by atoms with Gasteiger partial charge in [0.25, 0.3) is 0 Å². The van der Waals surface area contributed by atoms with Gasteiger partial charge in [-0.05, 0) is 12.7 Å². The molecular formula is C7H14N2O2S. The van der Waals surface area contributed by atoms with Crippen LogP contribution in [0.1, 0.15) is 13.3 Å². The molecule has 5 heteroatoms. The number of hydrogen-bond donors (Lipinski definition) is 2. The number of likely N-dealkylation sites (N-methyl/N-ethyl adjacent to an activating group) is 1. The molecule has 0 heterocycles. The van der Waals surface area contributed by atoms with Crippen LogP contribution < -0.4 is 5.73 Å². The third-order valence-corrected chi connectivity index (χ3v) is 1.63. The van der Waals surface area contributed by atoms with Crippen LogP contribution in [0.4, 0.5) is 0 Å². The minimum Gasteiger partial charge on any atom is -0.368 e. The number of nitrogens with zero attached hydrogens (tertiary/aromatic N) is 1. The molecule has 0 saturated heterocycles. The highest BCUT2D eigenvalue weighted by Crippen LogP contribution is 1.94. The highest BCUT2D eigenvalue weighted by Gasteiger charge is 2.11. The molecule has 0 unspecified atom stereocenters. The fourth-order valence-electron chi connectivity index (χ4n) is 0.818. The van der Waals surface area contributed by atoms with Gasteiger partial charge in [-0.15, -0.1) is 0 Å². The Labute approximate surface area is 77.5 Å². The van der Waals surface area contributed by atoms with Crippen molar-refractivity contribution < 1.29 is 9.59 Å². The van der Waals surface area contributed by atoms with Crippen LogP contribution in [0, 0.1) is 0 Å². The van der Waals surface area contributed by atoms with Gasteiger partial charge in [-0.25, -0.2) is 0 Å². The Morgan fingerprint density at radius 1 is 1.50 bits per heavy atom. The minimum absolute atomic E-state index is 0.00309. The summed E-state index contributed by atoms with van der Waals surface area (Å²) in [7, 11) is 0. The first-order valence-electron chi connectivity index (χ1n) is 3.78. The summed E-state index contributed by atoms with van der Waals surface area (Å²) in [6, 6.07) is 0. The Morgan fingerprint density at radius 3 is 2.42 bits per heavy atom. The van der Waals surface area contributed by atoms with Crippen LogP contribution in [-0.2, 0) is 9.59 Å². The summed E-state index contributed by atoms with van der Waals surface area (Å²) >= 11 is 3.92. The summed E-state index contributed by atoms with van der Waals surface area (Å²) in [6.45, 7) is 2.32. The lowest BCUT2D eigenvalue weighted by molar-refractivity contribution is -0.134. The molecule has 0 aromatic rings. The van der Waals surface area contributed by atoms with E-state index >= 15 is 0 Å². The Morgan fingerprint density at radius 2 is 2.08 bits per heavy atom. The first-order chi connectivity index (χ1) is 5.61. The normalized spacial score (nSPS) is 9.50. The number of primary amides is 1. The minimum atomic E-state index is -0.482. The van der Waals surface area contributed by atoms with Crippen LogP contribution in [0.5, 0.6) is 0 Å². The smallest absolute Gasteiger partial charge is 0.237 e. The van der Waals surface area contributed by atoms with Gasteiger partial charge >= 0.3 is 0 Å². The molecule has 0 aliphatic heterocycles. The number of amides is 2. The van der Waals surface area contributed by atoms with Crippen LogP contribution >= 0.6 is 12.6 Å². The lowest BCUT2D eigenvalue weighted by Gasteiger charge is -2.18. The van der Waals surface area contributed by atoms with Crippen molar-refractivity contribution in [3.63, 3.8) is 0 Å². The molecule has 0 spiro atoms. The van der Waals surface area contributed by atoms with E-state index in [0.717, 1.165) is 0 Å². The summed E-state index contributed by atoms with van der Waals surface area (Å²) in [5, 5.41) is 0. The van der Waals surface area contributed by atoms with Gasteiger partial charge in [0.15, 0.2) is 0 Å². The number of rotatable bonds is 5. The SMILES string of the molecule is CCN(CC(N)=O)C(=O)CCS. The molecule has 0 rings (SSSR count). The first-order valence-corrected chi connectivity index (χ1v) is 4.42. The van der Waals surface area contributed by atoms with E-state index in [1.165, 1.54) is 4.90 Å². The summed E-state index contributed by atoms with van der Waals surface area (Å²) in [5.41, 5.74) is 4.95. The van der Waals surface area contributed by atoms with Gasteiger partial charge in [0.05, 0.1) is 6.54 Å². The van der Waals surface area contributed by atoms with E-state index in [9.17, 15) is 9.59 Å². The zero-order valence-corrected chi connectivity index (χ0v) is 8.01. The average molecular weight is 190 g/mol. The van der Waals surface area contributed by atoms with Crippen LogP contribution in [-0.4, -0.2) is 35.6 Å². The topological polar surface area (TPSA) is 63.4 Å². The molecular weight excluding hydrogens is 176 g/mol. The molecule has 12 heavy (non-hydrogen) atoms. The second kappa shape index (κ2) is 5.88. The molecule has 2 N–H and O–H groups in total. The zero-order chi connectivity index (χ0) is 9.56. The molecule has 0 fully saturated rings. The van der Waals surface area contributed by atoms with Crippen molar-refractivity contribution in [1.29, 1.82) is 0 Å². The van der Waals surface area contributed by atoms with Gasteiger partial charge in [-0.2, -0.15) is 12.6 Å². The number of hydrogen-bond acceptors (Lipinski definition) is 3. The maximum atomic E-state index is 11.2. The summed E-state index contributed by atoms with van der Waals surface area (Å²) in [5.74, 6) is -0.0654. The Bertz CT molecular complexity index is 173. The van der Waals surface area contributed by atoms with Crippen molar-refractivity contribution in [2.45, 2.75) is 13.3 Å². The lowest BCUT2D eigenvalue weighted by atomic mass is 10.3. The van der Waals surface area contributed by atoms with Gasteiger partial charge < -0.3 is 10.6 Å². The maximum absolute atomic E-state index is 11.2. The van der Waals surface area contributed by atoms with E-state index in [-0.39, 0.29) is 12.5 Å². The summed E-state index contributed by atoms with van der Waals surface area (Å²) in [4.78, 5) is 23.1. The molecule has 0 radical (unpaired) electrons. The van der Waals surface area contributed by atoms with Crippen LogP contribution in [0.3, 0.4) is 0 Å². The molecule has 0 saturated carbocycles. The van der Waals surface area contributed by atoms with Gasteiger partial charge in [0.2, 0.25) is 11.8 Å². The Balaban J connectivity index is 3.96. The van der Waals surface area contributed by atoms with Crippen molar-refractivity contribution in [3.05, 3.63) is 0 Å². The maximum Gasteiger partial charge on any atom is 0.237 e. The monoisotopic (exact) mass is 190 g/mol. The van der Waals surface area contributed by atoms with Crippen molar-refractivity contribution >= 4 is 24.4 Å². The molecule has 0 aliphatic carbocycles. The highest BCUT2D eigenvalue weighted by atomic mass is 32.1. The van der Waals surface area contributed by atoms with Crippen molar-refractivity contribution in [3.8, 4) is 0 Å². The number of thiol groups is 1. The number of carbonyl (C=O) groups is 2. The van der Waals surface area contributed by atoms with Gasteiger partial charge in [-0.1, -0.05) is 0 Å². The molecule has 0 atom stereocenters. The highest BCUT2D eigenvalue weighted by molar-refractivity contribution is 7.80. The summed E-state index contributed by atoms with van der Waals surface area (Å²) < 4.78 is 0. The number of nitrogens with two attached hydrogens (primary N) is 1.